The van der Waals surface area contributed by atoms with Gasteiger partial charge in [0.1, 0.15) is 6.04 Å². The van der Waals surface area contributed by atoms with Gasteiger partial charge in [-0.15, -0.1) is 0 Å². The second kappa shape index (κ2) is 15.2. The van der Waals surface area contributed by atoms with Gasteiger partial charge in [0.05, 0.1) is 41.6 Å². The highest BCUT2D eigenvalue weighted by atomic mass is 16.5. The van der Waals surface area contributed by atoms with E-state index in [0.717, 1.165) is 31.2 Å². The SMILES string of the molecule is COc1ccc(CCC(CCc2ccccc2)CN2CC3CCC(C2=O)N3C(=O)C(=O)c2cc(OC)c(OC)c(OC)c2)cc1OC. The Labute approximate surface area is 276 Å². The Balaban J connectivity index is 1.30. The molecule has 2 amide bonds. The fraction of sp³-hybridized carbons (Fsp3) is 0.432. The van der Waals surface area contributed by atoms with Crippen LogP contribution in [-0.4, -0.2) is 88.1 Å². The predicted molar refractivity (Wildman–Crippen MR) is 177 cm³/mol. The van der Waals surface area contributed by atoms with Crippen molar-refractivity contribution in [1.29, 1.82) is 0 Å². The average molecular weight is 645 g/mol. The Morgan fingerprint density at radius 2 is 1.38 bits per heavy atom. The normalized spacial score (nSPS) is 17.7. The van der Waals surface area contributed by atoms with Crippen molar-refractivity contribution in [3.63, 3.8) is 0 Å². The summed E-state index contributed by atoms with van der Waals surface area (Å²) < 4.78 is 27.0. The minimum absolute atomic E-state index is 0.0966. The van der Waals surface area contributed by atoms with Crippen molar-refractivity contribution in [2.24, 2.45) is 5.92 Å². The van der Waals surface area contributed by atoms with E-state index < -0.39 is 17.7 Å². The summed E-state index contributed by atoms with van der Waals surface area (Å²) in [6, 6.07) is 18.4. The number of likely N-dealkylation sites (tertiary alicyclic amines) is 1. The quantitative estimate of drug-likeness (QED) is 0.168. The lowest BCUT2D eigenvalue weighted by molar-refractivity contribution is -0.149. The molecule has 47 heavy (non-hydrogen) atoms. The van der Waals surface area contributed by atoms with Crippen LogP contribution in [0.1, 0.15) is 47.2 Å². The second-order valence-electron chi connectivity index (χ2n) is 12.1. The summed E-state index contributed by atoms with van der Waals surface area (Å²) in [5, 5.41) is 0. The molecule has 2 aliphatic heterocycles. The van der Waals surface area contributed by atoms with E-state index in [1.54, 1.807) is 14.2 Å². The number of rotatable bonds is 15. The number of piperazine rings is 1. The lowest BCUT2D eigenvalue weighted by Crippen LogP contribution is -2.60. The first-order valence-corrected chi connectivity index (χ1v) is 16.0. The first-order chi connectivity index (χ1) is 22.8. The molecule has 2 saturated heterocycles. The number of benzene rings is 3. The highest BCUT2D eigenvalue weighted by molar-refractivity contribution is 6.43. The van der Waals surface area contributed by atoms with Gasteiger partial charge in [-0.1, -0.05) is 36.4 Å². The van der Waals surface area contributed by atoms with Gasteiger partial charge in [-0.05, 0) is 79.8 Å². The van der Waals surface area contributed by atoms with Crippen molar-refractivity contribution >= 4 is 17.6 Å². The number of nitrogens with zero attached hydrogens (tertiary/aromatic N) is 2. The third kappa shape index (κ3) is 7.32. The van der Waals surface area contributed by atoms with Crippen molar-refractivity contribution in [3.8, 4) is 28.7 Å². The van der Waals surface area contributed by atoms with Crippen LogP contribution in [0.4, 0.5) is 0 Å². The Morgan fingerprint density at radius 3 is 2.00 bits per heavy atom. The van der Waals surface area contributed by atoms with Gasteiger partial charge in [-0.3, -0.25) is 14.4 Å². The first kappa shape index (κ1) is 33.6. The Kier molecular flexibility index (Phi) is 10.9. The third-order valence-corrected chi connectivity index (χ3v) is 9.34. The van der Waals surface area contributed by atoms with Gasteiger partial charge in [0.15, 0.2) is 23.0 Å². The fourth-order valence-electron chi connectivity index (χ4n) is 6.85. The number of ketones is 1. The molecular formula is C37H44N2O8. The molecule has 0 N–H and O–H groups in total. The van der Waals surface area contributed by atoms with Gasteiger partial charge in [-0.25, -0.2) is 0 Å². The molecule has 0 saturated carbocycles. The maximum absolute atomic E-state index is 13.9. The molecule has 2 heterocycles. The molecule has 3 unspecified atom stereocenters. The number of amides is 2. The molecular weight excluding hydrogens is 600 g/mol. The molecule has 3 atom stereocenters. The summed E-state index contributed by atoms with van der Waals surface area (Å²) in [5.74, 6) is 1.01. The van der Waals surface area contributed by atoms with Crippen LogP contribution in [0.2, 0.25) is 0 Å². The monoisotopic (exact) mass is 644 g/mol. The van der Waals surface area contributed by atoms with Gasteiger partial charge >= 0.3 is 0 Å². The maximum atomic E-state index is 13.9. The van der Waals surface area contributed by atoms with E-state index in [-0.39, 0.29) is 34.9 Å². The summed E-state index contributed by atoms with van der Waals surface area (Å²) in [5.41, 5.74) is 2.52. The molecule has 10 heteroatoms. The highest BCUT2D eigenvalue weighted by Crippen LogP contribution is 2.39. The van der Waals surface area contributed by atoms with E-state index in [4.69, 9.17) is 23.7 Å². The zero-order valence-corrected chi connectivity index (χ0v) is 27.8. The van der Waals surface area contributed by atoms with E-state index in [1.807, 2.05) is 35.2 Å². The number of ether oxygens (including phenoxy) is 5. The summed E-state index contributed by atoms with van der Waals surface area (Å²) in [6.07, 6.45) is 4.72. The fourth-order valence-corrected chi connectivity index (χ4v) is 6.85. The van der Waals surface area contributed by atoms with Crippen molar-refractivity contribution in [3.05, 3.63) is 77.4 Å². The number of hydrogen-bond acceptors (Lipinski definition) is 8. The largest absolute Gasteiger partial charge is 0.493 e. The molecule has 0 aliphatic carbocycles. The summed E-state index contributed by atoms with van der Waals surface area (Å²) in [7, 11) is 7.63. The minimum atomic E-state index is -0.710. The number of carbonyl (C=O) groups excluding carboxylic acids is 3. The standard InChI is InChI=1S/C37H44N2O8/c1-43-30-18-15-25(19-31(30)44-2)12-14-26(13-11-24-9-7-6-8-10-24)22-38-23-28-16-17-29(36(38)41)39(28)37(42)34(40)27-20-32(45-3)35(47-5)33(21-27)46-4/h6-10,15,18-21,26,28-29H,11-14,16-17,22-23H2,1-5H3. The predicted octanol–water partition coefficient (Wildman–Crippen LogP) is 5.00. The van der Waals surface area contributed by atoms with Crippen LogP contribution < -0.4 is 23.7 Å². The van der Waals surface area contributed by atoms with Crippen LogP contribution in [0.3, 0.4) is 0 Å². The highest BCUT2D eigenvalue weighted by Gasteiger charge is 2.49. The van der Waals surface area contributed by atoms with Crippen LogP contribution >= 0.6 is 0 Å². The number of hydrogen-bond donors (Lipinski definition) is 0. The van der Waals surface area contributed by atoms with Crippen LogP contribution in [0.15, 0.2) is 60.7 Å². The molecule has 2 bridgehead atoms. The van der Waals surface area contributed by atoms with Gasteiger partial charge in [0, 0.05) is 18.7 Å². The molecule has 0 radical (unpaired) electrons. The molecule has 3 aromatic rings. The Bertz CT molecular complexity index is 1550. The lowest BCUT2D eigenvalue weighted by atomic mass is 9.92. The van der Waals surface area contributed by atoms with Gasteiger partial charge < -0.3 is 33.5 Å². The van der Waals surface area contributed by atoms with Crippen molar-refractivity contribution in [2.75, 3.05) is 48.6 Å². The van der Waals surface area contributed by atoms with E-state index >= 15 is 0 Å². The molecule has 0 aromatic heterocycles. The van der Waals surface area contributed by atoms with Crippen molar-refractivity contribution in [2.45, 2.75) is 50.6 Å². The lowest BCUT2D eigenvalue weighted by Gasteiger charge is -2.41. The number of carbonyl (C=O) groups is 3. The minimum Gasteiger partial charge on any atom is -0.493 e. The molecule has 250 valence electrons. The third-order valence-electron chi connectivity index (χ3n) is 9.34. The van der Waals surface area contributed by atoms with Crippen LogP contribution in [0.25, 0.3) is 0 Å². The van der Waals surface area contributed by atoms with Crippen LogP contribution in [-0.2, 0) is 22.4 Å². The summed E-state index contributed by atoms with van der Waals surface area (Å²) in [6.45, 7) is 0.997. The number of aryl methyl sites for hydroxylation is 2. The number of methoxy groups -OCH3 is 5. The van der Waals surface area contributed by atoms with Crippen molar-refractivity contribution < 1.29 is 38.1 Å². The smallest absolute Gasteiger partial charge is 0.295 e. The number of Topliss-reactive ketones (excluding diaryl/α,β-unsaturated/α-hetero) is 1. The Hall–Kier alpha value is -4.73. The molecule has 0 spiro atoms. The molecule has 2 fully saturated rings. The van der Waals surface area contributed by atoms with E-state index in [1.165, 1.54) is 43.9 Å². The summed E-state index contributed by atoms with van der Waals surface area (Å²) >= 11 is 0. The Morgan fingerprint density at radius 1 is 0.745 bits per heavy atom. The zero-order chi connectivity index (χ0) is 33.5. The van der Waals surface area contributed by atoms with E-state index in [0.29, 0.717) is 43.2 Å². The zero-order valence-electron chi connectivity index (χ0n) is 27.8. The van der Waals surface area contributed by atoms with Crippen LogP contribution in [0, 0.1) is 5.92 Å². The summed E-state index contributed by atoms with van der Waals surface area (Å²) in [4.78, 5) is 44.5. The van der Waals surface area contributed by atoms with Crippen molar-refractivity contribution in [1.82, 2.24) is 9.80 Å². The first-order valence-electron chi connectivity index (χ1n) is 16.0. The van der Waals surface area contributed by atoms with Gasteiger partial charge in [0.25, 0.3) is 11.7 Å². The molecule has 5 rings (SSSR count). The van der Waals surface area contributed by atoms with E-state index in [2.05, 4.69) is 18.2 Å². The van der Waals surface area contributed by atoms with Crippen LogP contribution in [0.5, 0.6) is 28.7 Å². The molecule has 3 aromatic carbocycles. The van der Waals surface area contributed by atoms with E-state index in [9.17, 15) is 14.4 Å². The topological polar surface area (TPSA) is 104 Å². The second-order valence-corrected chi connectivity index (χ2v) is 12.1. The molecule has 2 aliphatic rings. The number of fused-ring (bicyclic) bond motifs is 2. The maximum Gasteiger partial charge on any atom is 0.295 e. The van der Waals surface area contributed by atoms with Gasteiger partial charge in [0.2, 0.25) is 11.7 Å². The van der Waals surface area contributed by atoms with Gasteiger partial charge in [-0.2, -0.15) is 0 Å². The molecule has 10 nitrogen and oxygen atoms in total. The average Bonchev–Trinajstić information content (AvgIpc) is 3.46.